The topological polar surface area (TPSA) is 0 Å². The average molecular weight is 419 g/mol. The summed E-state index contributed by atoms with van der Waals surface area (Å²) in [5, 5.41) is 0. The monoisotopic (exact) mass is 418 g/mol. The molecular weight excluding hydrogens is 417 g/mol. The second-order valence-corrected chi connectivity index (χ2v) is 4.85. The number of benzene rings is 1. The summed E-state index contributed by atoms with van der Waals surface area (Å²) in [6, 6.07) is 1.31. The van der Waals surface area contributed by atoms with Crippen LogP contribution in [0.5, 0.6) is 0 Å². The van der Waals surface area contributed by atoms with Gasteiger partial charge in [-0.2, -0.15) is 26.3 Å². The van der Waals surface area contributed by atoms with Gasteiger partial charge in [0.1, 0.15) is 0 Å². The molecule has 0 aliphatic carbocycles. The largest absolute Gasteiger partial charge is 0.417 e. The molecule has 0 amide bonds. The molecule has 0 unspecified atom stereocenters. The van der Waals surface area contributed by atoms with Gasteiger partial charge in [0.05, 0.1) is 11.1 Å². The Morgan fingerprint density at radius 1 is 0.875 bits per heavy atom. The predicted octanol–water partition coefficient (Wildman–Crippen LogP) is 5.09. The van der Waals surface area contributed by atoms with E-state index in [4.69, 9.17) is 0 Å². The smallest absolute Gasteiger partial charge is 0.166 e. The maximum Gasteiger partial charge on any atom is 0.417 e. The number of hydrogen-bond acceptors (Lipinski definition) is 0. The summed E-state index contributed by atoms with van der Waals surface area (Å²) < 4.78 is 73.3. The fourth-order valence-electron chi connectivity index (χ4n) is 1.00. The van der Waals surface area contributed by atoms with Gasteiger partial charge in [0.15, 0.2) is 0 Å². The van der Waals surface area contributed by atoms with Gasteiger partial charge in [-0.15, -0.1) is 0 Å². The summed E-state index contributed by atoms with van der Waals surface area (Å²) in [7, 11) is 0. The molecule has 0 aliphatic rings. The molecule has 0 atom stereocenters. The SMILES string of the molecule is FC(F)(F)c1cc(I)cc(C(F)(F)F)c1Br. The Balaban J connectivity index is 3.51. The highest BCUT2D eigenvalue weighted by Gasteiger charge is 2.40. The quantitative estimate of drug-likeness (QED) is 0.406. The minimum Gasteiger partial charge on any atom is -0.166 e. The van der Waals surface area contributed by atoms with E-state index in [0.29, 0.717) is 12.1 Å². The summed E-state index contributed by atoms with van der Waals surface area (Å²) in [4.78, 5) is 0. The number of alkyl halides is 6. The Morgan fingerprint density at radius 2 is 1.19 bits per heavy atom. The molecule has 1 aromatic rings. The van der Waals surface area contributed by atoms with Gasteiger partial charge in [-0.1, -0.05) is 0 Å². The predicted molar refractivity (Wildman–Crippen MR) is 56.9 cm³/mol. The van der Waals surface area contributed by atoms with E-state index in [1.54, 1.807) is 0 Å². The van der Waals surface area contributed by atoms with Crippen molar-refractivity contribution in [2.45, 2.75) is 12.4 Å². The van der Waals surface area contributed by atoms with Crippen LogP contribution in [0.25, 0.3) is 0 Å². The molecule has 0 spiro atoms. The molecule has 8 heteroatoms. The maximum absolute atomic E-state index is 12.4. The van der Waals surface area contributed by atoms with Gasteiger partial charge in [0.25, 0.3) is 0 Å². The standard InChI is InChI=1S/C8H2BrF6I/c9-6-4(7(10,11)12)1-3(16)2-5(6)8(13,14)15/h1-2H. The first kappa shape index (κ1) is 14.1. The number of hydrogen-bond donors (Lipinski definition) is 0. The average Bonchev–Trinajstić information content (AvgIpc) is 2.04. The van der Waals surface area contributed by atoms with Crippen molar-refractivity contribution in [3.63, 3.8) is 0 Å². The summed E-state index contributed by atoms with van der Waals surface area (Å²) in [5.41, 5.74) is -2.65. The molecule has 0 radical (unpaired) electrons. The molecule has 16 heavy (non-hydrogen) atoms. The van der Waals surface area contributed by atoms with E-state index in [2.05, 4.69) is 15.9 Å². The van der Waals surface area contributed by atoms with Crippen molar-refractivity contribution in [2.24, 2.45) is 0 Å². The van der Waals surface area contributed by atoms with Crippen LogP contribution in [0.4, 0.5) is 26.3 Å². The Hall–Kier alpha value is 0.01000. The Bertz CT molecular complexity index is 373. The lowest BCUT2D eigenvalue weighted by atomic mass is 10.1. The van der Waals surface area contributed by atoms with Crippen molar-refractivity contribution >= 4 is 38.5 Å². The first-order chi connectivity index (χ1) is 7.03. The molecule has 1 aromatic carbocycles. The molecule has 0 N–H and O–H groups in total. The highest BCUT2D eigenvalue weighted by molar-refractivity contribution is 14.1. The Morgan fingerprint density at radius 3 is 1.44 bits per heavy atom. The van der Waals surface area contributed by atoms with Gasteiger partial charge in [0, 0.05) is 8.04 Å². The highest BCUT2D eigenvalue weighted by Crippen LogP contribution is 2.43. The van der Waals surface area contributed by atoms with Gasteiger partial charge in [-0.3, -0.25) is 0 Å². The maximum atomic E-state index is 12.4. The minimum absolute atomic E-state index is 0.125. The van der Waals surface area contributed by atoms with Crippen LogP contribution in [-0.2, 0) is 12.4 Å². The van der Waals surface area contributed by atoms with E-state index in [9.17, 15) is 26.3 Å². The van der Waals surface area contributed by atoms with Gasteiger partial charge < -0.3 is 0 Å². The van der Waals surface area contributed by atoms with Crippen molar-refractivity contribution in [1.29, 1.82) is 0 Å². The number of halogens is 8. The fourth-order valence-corrected chi connectivity index (χ4v) is 2.30. The van der Waals surface area contributed by atoms with Crippen LogP contribution in [0, 0.1) is 3.57 Å². The molecule has 90 valence electrons. The van der Waals surface area contributed by atoms with Crippen molar-refractivity contribution < 1.29 is 26.3 Å². The first-order valence-electron chi connectivity index (χ1n) is 3.67. The highest BCUT2D eigenvalue weighted by atomic mass is 127. The third-order valence-electron chi connectivity index (χ3n) is 1.65. The molecule has 0 nitrogen and oxygen atoms in total. The fraction of sp³-hybridized carbons (Fsp3) is 0.250. The Kier molecular flexibility index (Phi) is 3.83. The van der Waals surface area contributed by atoms with Crippen molar-refractivity contribution in [1.82, 2.24) is 0 Å². The van der Waals surface area contributed by atoms with Gasteiger partial charge in [0.2, 0.25) is 0 Å². The van der Waals surface area contributed by atoms with Crippen LogP contribution < -0.4 is 0 Å². The van der Waals surface area contributed by atoms with Gasteiger partial charge in [-0.05, 0) is 50.7 Å². The van der Waals surface area contributed by atoms with E-state index in [0.717, 1.165) is 0 Å². The van der Waals surface area contributed by atoms with E-state index < -0.39 is 28.0 Å². The van der Waals surface area contributed by atoms with Crippen LogP contribution >= 0.6 is 38.5 Å². The normalized spacial score (nSPS) is 13.0. The zero-order valence-corrected chi connectivity index (χ0v) is 10.9. The lowest BCUT2D eigenvalue weighted by Crippen LogP contribution is -2.13. The zero-order chi connectivity index (χ0) is 12.7. The molecular formula is C8H2BrF6I. The summed E-state index contributed by atoms with van der Waals surface area (Å²) >= 11 is 3.75. The van der Waals surface area contributed by atoms with Gasteiger partial charge >= 0.3 is 12.4 Å². The molecule has 1 rings (SSSR count). The van der Waals surface area contributed by atoms with E-state index in [1.807, 2.05) is 0 Å². The van der Waals surface area contributed by atoms with Crippen molar-refractivity contribution in [3.05, 3.63) is 31.3 Å². The lowest BCUT2D eigenvalue weighted by molar-refractivity contribution is -0.144. The minimum atomic E-state index is -4.82. The molecule has 0 bridgehead atoms. The summed E-state index contributed by atoms with van der Waals surface area (Å²) in [6.07, 6.45) is -9.64. The first-order valence-corrected chi connectivity index (χ1v) is 5.54. The molecule has 0 aromatic heterocycles. The van der Waals surface area contributed by atoms with E-state index >= 15 is 0 Å². The Labute approximate surface area is 108 Å². The van der Waals surface area contributed by atoms with Crippen LogP contribution in [0.1, 0.15) is 11.1 Å². The van der Waals surface area contributed by atoms with E-state index in [1.165, 1.54) is 22.6 Å². The molecule has 0 aliphatic heterocycles. The molecule has 0 fully saturated rings. The number of rotatable bonds is 0. The third-order valence-corrected chi connectivity index (χ3v) is 3.13. The van der Waals surface area contributed by atoms with Crippen LogP contribution in [0.15, 0.2) is 16.6 Å². The van der Waals surface area contributed by atoms with E-state index in [-0.39, 0.29) is 3.57 Å². The molecule has 0 heterocycles. The molecule has 0 saturated heterocycles. The van der Waals surface area contributed by atoms with Gasteiger partial charge in [-0.25, -0.2) is 0 Å². The van der Waals surface area contributed by atoms with Crippen LogP contribution in [0.2, 0.25) is 0 Å². The lowest BCUT2D eigenvalue weighted by Gasteiger charge is -2.15. The van der Waals surface area contributed by atoms with Crippen molar-refractivity contribution in [2.75, 3.05) is 0 Å². The zero-order valence-electron chi connectivity index (χ0n) is 7.18. The second-order valence-electron chi connectivity index (χ2n) is 2.81. The molecule has 0 saturated carbocycles. The third kappa shape index (κ3) is 3.02. The summed E-state index contributed by atoms with van der Waals surface area (Å²) in [5.74, 6) is 0. The summed E-state index contributed by atoms with van der Waals surface area (Å²) in [6.45, 7) is 0. The second kappa shape index (κ2) is 4.35. The van der Waals surface area contributed by atoms with Crippen LogP contribution in [-0.4, -0.2) is 0 Å². The van der Waals surface area contributed by atoms with Crippen LogP contribution in [0.3, 0.4) is 0 Å². The van der Waals surface area contributed by atoms with Crippen molar-refractivity contribution in [3.8, 4) is 0 Å².